The second-order valence-electron chi connectivity index (χ2n) is 3.76. The van der Waals surface area contributed by atoms with Crippen LogP contribution in [0, 0.1) is 11.6 Å². The van der Waals surface area contributed by atoms with Crippen LogP contribution < -0.4 is 5.32 Å². The predicted octanol–water partition coefficient (Wildman–Crippen LogP) is 3.09. The summed E-state index contributed by atoms with van der Waals surface area (Å²) in [6, 6.07) is 3.07. The summed E-state index contributed by atoms with van der Waals surface area (Å²) in [5.74, 6) is -2.60. The summed E-state index contributed by atoms with van der Waals surface area (Å²) < 4.78 is 27.2. The van der Waals surface area contributed by atoms with Crippen LogP contribution >= 0.6 is 11.6 Å². The Morgan fingerprint density at radius 2 is 2.16 bits per heavy atom. The zero-order valence-electron chi connectivity index (χ0n) is 9.95. The SMILES string of the molecule is CCn1cc(Cl)c(C(=O)Nc2ccc(F)c(F)c2)n1. The third-order valence-electron chi connectivity index (χ3n) is 2.43. The highest BCUT2D eigenvalue weighted by atomic mass is 35.5. The van der Waals surface area contributed by atoms with Gasteiger partial charge in [0.1, 0.15) is 0 Å². The quantitative estimate of drug-likeness (QED) is 0.942. The molecule has 0 aliphatic rings. The van der Waals surface area contributed by atoms with E-state index in [9.17, 15) is 13.6 Å². The molecule has 1 aromatic heterocycles. The van der Waals surface area contributed by atoms with Gasteiger partial charge in [-0.25, -0.2) is 8.78 Å². The molecule has 1 aromatic carbocycles. The summed E-state index contributed by atoms with van der Waals surface area (Å²) >= 11 is 5.86. The molecule has 0 saturated carbocycles. The Balaban J connectivity index is 2.20. The molecular formula is C12H10ClF2N3O. The average Bonchev–Trinajstić information content (AvgIpc) is 2.75. The first-order valence-electron chi connectivity index (χ1n) is 5.50. The first kappa shape index (κ1) is 13.5. The monoisotopic (exact) mass is 285 g/mol. The van der Waals surface area contributed by atoms with Gasteiger partial charge in [-0.05, 0) is 19.1 Å². The number of nitrogens with zero attached hydrogens (tertiary/aromatic N) is 2. The van der Waals surface area contributed by atoms with Crippen molar-refractivity contribution in [3.63, 3.8) is 0 Å². The van der Waals surface area contributed by atoms with E-state index in [-0.39, 0.29) is 16.4 Å². The molecule has 1 N–H and O–H groups in total. The summed E-state index contributed by atoms with van der Waals surface area (Å²) in [4.78, 5) is 11.9. The average molecular weight is 286 g/mol. The summed E-state index contributed by atoms with van der Waals surface area (Å²) in [6.45, 7) is 2.42. The van der Waals surface area contributed by atoms with Crippen LogP contribution in [0.25, 0.3) is 0 Å². The molecule has 0 unspecified atom stereocenters. The molecule has 0 fully saturated rings. The lowest BCUT2D eigenvalue weighted by molar-refractivity contribution is 0.102. The van der Waals surface area contributed by atoms with Crippen LogP contribution in [0.15, 0.2) is 24.4 Å². The van der Waals surface area contributed by atoms with E-state index >= 15 is 0 Å². The van der Waals surface area contributed by atoms with E-state index < -0.39 is 17.5 Å². The summed E-state index contributed by atoms with van der Waals surface area (Å²) in [5, 5.41) is 6.56. The molecule has 1 amide bonds. The van der Waals surface area contributed by atoms with Crippen LogP contribution in [0.2, 0.25) is 5.02 Å². The molecule has 100 valence electrons. The number of hydrogen-bond acceptors (Lipinski definition) is 2. The number of aryl methyl sites for hydroxylation is 1. The van der Waals surface area contributed by atoms with Crippen molar-refractivity contribution in [1.29, 1.82) is 0 Å². The minimum atomic E-state index is -1.04. The Hall–Kier alpha value is -1.95. The van der Waals surface area contributed by atoms with Gasteiger partial charge in [0.15, 0.2) is 17.3 Å². The third-order valence-corrected chi connectivity index (χ3v) is 2.71. The molecule has 4 nitrogen and oxygen atoms in total. The fourth-order valence-electron chi connectivity index (χ4n) is 1.48. The van der Waals surface area contributed by atoms with E-state index in [1.165, 1.54) is 16.9 Å². The number of carbonyl (C=O) groups excluding carboxylic acids is 1. The van der Waals surface area contributed by atoms with Crippen molar-refractivity contribution in [2.45, 2.75) is 13.5 Å². The summed E-state index contributed by atoms with van der Waals surface area (Å²) in [5.41, 5.74) is 0.166. The van der Waals surface area contributed by atoms with Crippen molar-refractivity contribution in [1.82, 2.24) is 9.78 Å². The summed E-state index contributed by atoms with van der Waals surface area (Å²) in [7, 11) is 0. The number of amides is 1. The number of halogens is 3. The van der Waals surface area contributed by atoms with Crippen molar-refractivity contribution in [2.75, 3.05) is 5.32 Å². The van der Waals surface area contributed by atoms with Gasteiger partial charge >= 0.3 is 0 Å². The highest BCUT2D eigenvalue weighted by Gasteiger charge is 2.16. The first-order chi connectivity index (χ1) is 9.01. The number of hydrogen-bond donors (Lipinski definition) is 1. The highest BCUT2D eigenvalue weighted by Crippen LogP contribution is 2.17. The molecule has 0 aliphatic heterocycles. The molecule has 0 aliphatic carbocycles. The highest BCUT2D eigenvalue weighted by molar-refractivity contribution is 6.34. The maximum absolute atomic E-state index is 13.0. The smallest absolute Gasteiger partial charge is 0.277 e. The van der Waals surface area contributed by atoms with Crippen LogP contribution in [-0.2, 0) is 6.54 Å². The largest absolute Gasteiger partial charge is 0.320 e. The number of rotatable bonds is 3. The zero-order valence-corrected chi connectivity index (χ0v) is 10.7. The minimum Gasteiger partial charge on any atom is -0.320 e. The number of nitrogens with one attached hydrogen (secondary N) is 1. The molecule has 2 rings (SSSR count). The van der Waals surface area contributed by atoms with Crippen molar-refractivity contribution in [2.24, 2.45) is 0 Å². The van der Waals surface area contributed by atoms with E-state index in [0.29, 0.717) is 6.54 Å². The van der Waals surface area contributed by atoms with E-state index in [2.05, 4.69) is 10.4 Å². The molecule has 0 radical (unpaired) electrons. The third kappa shape index (κ3) is 2.90. The van der Waals surface area contributed by atoms with Gasteiger partial charge in [0.05, 0.1) is 5.02 Å². The molecule has 7 heteroatoms. The van der Waals surface area contributed by atoms with E-state index in [0.717, 1.165) is 12.1 Å². The van der Waals surface area contributed by atoms with Crippen LogP contribution in [0.3, 0.4) is 0 Å². The zero-order chi connectivity index (χ0) is 14.0. The van der Waals surface area contributed by atoms with Gasteiger partial charge in [-0.2, -0.15) is 5.10 Å². The van der Waals surface area contributed by atoms with Gasteiger partial charge in [-0.3, -0.25) is 9.48 Å². The van der Waals surface area contributed by atoms with Gasteiger partial charge in [0.2, 0.25) is 0 Å². The molecule has 0 spiro atoms. The fraction of sp³-hybridized carbons (Fsp3) is 0.167. The molecule has 0 saturated heterocycles. The molecule has 19 heavy (non-hydrogen) atoms. The minimum absolute atomic E-state index is 0.0354. The van der Waals surface area contributed by atoms with Crippen LogP contribution in [-0.4, -0.2) is 15.7 Å². The topological polar surface area (TPSA) is 46.9 Å². The first-order valence-corrected chi connectivity index (χ1v) is 5.88. The van der Waals surface area contributed by atoms with E-state index in [1.54, 1.807) is 0 Å². The van der Waals surface area contributed by atoms with Crippen molar-refractivity contribution < 1.29 is 13.6 Å². The Morgan fingerprint density at radius 3 is 2.74 bits per heavy atom. The van der Waals surface area contributed by atoms with Gasteiger partial charge in [-0.1, -0.05) is 11.6 Å². The number of benzene rings is 1. The number of carbonyl (C=O) groups is 1. The Morgan fingerprint density at radius 1 is 1.42 bits per heavy atom. The van der Waals surface area contributed by atoms with Gasteiger partial charge in [0.25, 0.3) is 5.91 Å². The second-order valence-corrected chi connectivity index (χ2v) is 4.17. The normalized spacial score (nSPS) is 10.5. The summed E-state index contributed by atoms with van der Waals surface area (Å²) in [6.07, 6.45) is 1.52. The molecular weight excluding hydrogens is 276 g/mol. The second kappa shape index (κ2) is 5.36. The van der Waals surface area contributed by atoms with Gasteiger partial charge in [0, 0.05) is 24.5 Å². The number of aromatic nitrogens is 2. The molecule has 1 heterocycles. The Kier molecular flexibility index (Phi) is 3.80. The Bertz CT molecular complexity index is 627. The van der Waals surface area contributed by atoms with Crippen molar-refractivity contribution in [3.05, 3.63) is 46.7 Å². The lowest BCUT2D eigenvalue weighted by Crippen LogP contribution is -2.14. The maximum Gasteiger partial charge on any atom is 0.277 e. The lowest BCUT2D eigenvalue weighted by atomic mass is 10.3. The standard InChI is InChI=1S/C12H10ClF2N3O/c1-2-18-6-8(13)11(17-18)12(19)16-7-3-4-9(14)10(15)5-7/h3-6H,2H2,1H3,(H,16,19). The molecule has 0 atom stereocenters. The number of anilines is 1. The lowest BCUT2D eigenvalue weighted by Gasteiger charge is -2.04. The molecule has 2 aromatic rings. The predicted molar refractivity (Wildman–Crippen MR) is 67.2 cm³/mol. The van der Waals surface area contributed by atoms with Crippen molar-refractivity contribution >= 4 is 23.2 Å². The Labute approximate surface area is 113 Å². The van der Waals surface area contributed by atoms with E-state index in [4.69, 9.17) is 11.6 Å². The van der Waals surface area contributed by atoms with Crippen LogP contribution in [0.5, 0.6) is 0 Å². The molecule has 0 bridgehead atoms. The van der Waals surface area contributed by atoms with Gasteiger partial charge in [-0.15, -0.1) is 0 Å². The van der Waals surface area contributed by atoms with Crippen LogP contribution in [0.4, 0.5) is 14.5 Å². The van der Waals surface area contributed by atoms with Crippen LogP contribution in [0.1, 0.15) is 17.4 Å². The maximum atomic E-state index is 13.0. The van der Waals surface area contributed by atoms with Crippen molar-refractivity contribution in [3.8, 4) is 0 Å². The van der Waals surface area contributed by atoms with E-state index in [1.807, 2.05) is 6.92 Å². The fourth-order valence-corrected chi connectivity index (χ4v) is 1.71. The van der Waals surface area contributed by atoms with Gasteiger partial charge < -0.3 is 5.32 Å².